The molecule has 0 bridgehead atoms. The lowest BCUT2D eigenvalue weighted by Crippen LogP contribution is -2.20. The van der Waals surface area contributed by atoms with Crippen molar-refractivity contribution in [3.8, 4) is 0 Å². The number of hydrogen-bond donors (Lipinski definition) is 1. The van der Waals surface area contributed by atoms with Crippen LogP contribution in [0.15, 0.2) is 18.2 Å². The third-order valence-electron chi connectivity index (χ3n) is 2.99. The third-order valence-corrected chi connectivity index (χ3v) is 3.23. The molecule has 1 aromatic rings. The number of benzene rings is 1. The second-order valence-electron chi connectivity index (χ2n) is 4.30. The van der Waals surface area contributed by atoms with E-state index in [9.17, 15) is 0 Å². The zero-order chi connectivity index (χ0) is 10.1. The van der Waals surface area contributed by atoms with Crippen LogP contribution in [0.25, 0.3) is 0 Å². The van der Waals surface area contributed by atoms with E-state index in [2.05, 4.69) is 25.2 Å². The van der Waals surface area contributed by atoms with Crippen LogP contribution in [0.2, 0.25) is 5.02 Å². The Hall–Kier alpha value is -0.690. The van der Waals surface area contributed by atoms with Gasteiger partial charge in [-0.3, -0.25) is 0 Å². The van der Waals surface area contributed by atoms with E-state index in [4.69, 9.17) is 11.6 Å². The van der Waals surface area contributed by atoms with Crippen LogP contribution in [0.4, 0.5) is 5.69 Å². The molecule has 14 heavy (non-hydrogen) atoms. The van der Waals surface area contributed by atoms with Gasteiger partial charge in [-0.1, -0.05) is 31.5 Å². The molecule has 1 nitrogen and oxygen atoms in total. The number of anilines is 1. The minimum absolute atomic E-state index is 0.684. The highest BCUT2D eigenvalue weighted by molar-refractivity contribution is 6.30. The molecule has 0 amide bonds. The lowest BCUT2D eigenvalue weighted by Gasteiger charge is -2.29. The SMILES string of the molecule is CC(C)[C@@H]1CCNc2cc(Cl)ccc21. The van der Waals surface area contributed by atoms with E-state index in [0.717, 1.165) is 11.6 Å². The minimum atomic E-state index is 0.684. The van der Waals surface area contributed by atoms with Crippen molar-refractivity contribution in [2.45, 2.75) is 26.2 Å². The number of rotatable bonds is 1. The fourth-order valence-electron chi connectivity index (χ4n) is 2.22. The topological polar surface area (TPSA) is 12.0 Å². The van der Waals surface area contributed by atoms with Gasteiger partial charge in [0.1, 0.15) is 0 Å². The van der Waals surface area contributed by atoms with Crippen LogP contribution in [-0.4, -0.2) is 6.54 Å². The first kappa shape index (κ1) is 9.85. The number of hydrogen-bond acceptors (Lipinski definition) is 1. The van der Waals surface area contributed by atoms with Crippen LogP contribution in [-0.2, 0) is 0 Å². The first-order chi connectivity index (χ1) is 6.68. The number of fused-ring (bicyclic) bond motifs is 1. The maximum absolute atomic E-state index is 5.96. The molecule has 0 aliphatic carbocycles. The summed E-state index contributed by atoms with van der Waals surface area (Å²) in [7, 11) is 0. The smallest absolute Gasteiger partial charge is 0.0426 e. The van der Waals surface area contributed by atoms with Crippen molar-refractivity contribution >= 4 is 17.3 Å². The molecule has 1 atom stereocenters. The van der Waals surface area contributed by atoms with Gasteiger partial charge in [-0.25, -0.2) is 0 Å². The Morgan fingerprint density at radius 2 is 2.21 bits per heavy atom. The molecule has 2 rings (SSSR count). The Balaban J connectivity index is 2.40. The Morgan fingerprint density at radius 1 is 1.43 bits per heavy atom. The minimum Gasteiger partial charge on any atom is -0.385 e. The average molecular weight is 210 g/mol. The fraction of sp³-hybridized carbons (Fsp3) is 0.500. The van der Waals surface area contributed by atoms with E-state index in [1.807, 2.05) is 12.1 Å². The predicted molar refractivity (Wildman–Crippen MR) is 62.1 cm³/mol. The molecule has 0 saturated carbocycles. The van der Waals surface area contributed by atoms with E-state index < -0.39 is 0 Å². The summed E-state index contributed by atoms with van der Waals surface area (Å²) in [5.74, 6) is 1.39. The summed E-state index contributed by atoms with van der Waals surface area (Å²) in [6.07, 6.45) is 1.23. The van der Waals surface area contributed by atoms with Gasteiger partial charge in [0, 0.05) is 17.3 Å². The number of halogens is 1. The predicted octanol–water partition coefficient (Wildman–Crippen LogP) is 3.90. The van der Waals surface area contributed by atoms with Crippen LogP contribution in [0.3, 0.4) is 0 Å². The van der Waals surface area contributed by atoms with E-state index >= 15 is 0 Å². The van der Waals surface area contributed by atoms with Crippen molar-refractivity contribution in [1.29, 1.82) is 0 Å². The lowest BCUT2D eigenvalue weighted by molar-refractivity contribution is 0.469. The number of nitrogens with one attached hydrogen (secondary N) is 1. The summed E-state index contributed by atoms with van der Waals surface area (Å²) in [6.45, 7) is 5.64. The van der Waals surface area contributed by atoms with Gasteiger partial charge in [0.15, 0.2) is 0 Å². The first-order valence-electron chi connectivity index (χ1n) is 5.22. The fourth-order valence-corrected chi connectivity index (χ4v) is 2.39. The second kappa shape index (κ2) is 3.82. The summed E-state index contributed by atoms with van der Waals surface area (Å²) >= 11 is 5.96. The molecule has 1 heterocycles. The zero-order valence-electron chi connectivity index (χ0n) is 8.68. The molecule has 1 N–H and O–H groups in total. The second-order valence-corrected chi connectivity index (χ2v) is 4.73. The van der Waals surface area contributed by atoms with Crippen molar-refractivity contribution in [1.82, 2.24) is 0 Å². The molecular weight excluding hydrogens is 194 g/mol. The summed E-state index contributed by atoms with van der Waals surface area (Å²) in [4.78, 5) is 0. The molecule has 76 valence electrons. The van der Waals surface area contributed by atoms with Crippen LogP contribution < -0.4 is 5.32 Å². The third kappa shape index (κ3) is 1.74. The van der Waals surface area contributed by atoms with Gasteiger partial charge in [0.25, 0.3) is 0 Å². The highest BCUT2D eigenvalue weighted by atomic mass is 35.5. The first-order valence-corrected chi connectivity index (χ1v) is 5.59. The van der Waals surface area contributed by atoms with Gasteiger partial charge < -0.3 is 5.32 Å². The van der Waals surface area contributed by atoms with Crippen molar-refractivity contribution in [3.05, 3.63) is 28.8 Å². The zero-order valence-corrected chi connectivity index (χ0v) is 9.43. The van der Waals surface area contributed by atoms with Gasteiger partial charge in [-0.2, -0.15) is 0 Å². The summed E-state index contributed by atoms with van der Waals surface area (Å²) in [5.41, 5.74) is 2.65. The van der Waals surface area contributed by atoms with Crippen molar-refractivity contribution in [2.24, 2.45) is 5.92 Å². The Kier molecular flexibility index (Phi) is 2.69. The van der Waals surface area contributed by atoms with Crippen molar-refractivity contribution in [3.63, 3.8) is 0 Å². The van der Waals surface area contributed by atoms with E-state index in [1.165, 1.54) is 17.7 Å². The van der Waals surface area contributed by atoms with Gasteiger partial charge >= 0.3 is 0 Å². The quantitative estimate of drug-likeness (QED) is 0.740. The molecule has 2 heteroatoms. The van der Waals surface area contributed by atoms with E-state index in [1.54, 1.807) is 0 Å². The van der Waals surface area contributed by atoms with Crippen LogP contribution in [0, 0.1) is 5.92 Å². The summed E-state index contributed by atoms with van der Waals surface area (Å²) in [6, 6.07) is 6.18. The standard InChI is InChI=1S/C12H16ClN/c1-8(2)10-5-6-14-12-7-9(13)3-4-11(10)12/h3-4,7-8,10,14H,5-6H2,1-2H3/t10-/m0/s1. The van der Waals surface area contributed by atoms with Gasteiger partial charge in [-0.15, -0.1) is 0 Å². The molecule has 1 aliphatic rings. The highest BCUT2D eigenvalue weighted by Crippen LogP contribution is 2.37. The van der Waals surface area contributed by atoms with Crippen LogP contribution in [0.5, 0.6) is 0 Å². The lowest BCUT2D eigenvalue weighted by atomic mass is 9.83. The molecule has 0 radical (unpaired) electrons. The molecule has 0 fully saturated rings. The summed E-state index contributed by atoms with van der Waals surface area (Å²) in [5, 5.41) is 4.22. The largest absolute Gasteiger partial charge is 0.385 e. The molecule has 0 aromatic heterocycles. The highest BCUT2D eigenvalue weighted by Gasteiger charge is 2.22. The van der Waals surface area contributed by atoms with Gasteiger partial charge in [-0.05, 0) is 36.0 Å². The average Bonchev–Trinajstić information content (AvgIpc) is 2.16. The molecule has 1 aliphatic heterocycles. The Bertz CT molecular complexity index is 333. The normalized spacial score (nSPS) is 20.4. The summed E-state index contributed by atoms with van der Waals surface area (Å²) < 4.78 is 0. The molecule has 0 spiro atoms. The van der Waals surface area contributed by atoms with Crippen LogP contribution in [0.1, 0.15) is 31.7 Å². The molecule has 0 saturated heterocycles. The van der Waals surface area contributed by atoms with Crippen molar-refractivity contribution < 1.29 is 0 Å². The van der Waals surface area contributed by atoms with Gasteiger partial charge in [0.2, 0.25) is 0 Å². The maximum Gasteiger partial charge on any atom is 0.0426 e. The monoisotopic (exact) mass is 209 g/mol. The maximum atomic E-state index is 5.96. The molecular formula is C12H16ClN. The van der Waals surface area contributed by atoms with Crippen LogP contribution >= 0.6 is 11.6 Å². The van der Waals surface area contributed by atoms with E-state index in [-0.39, 0.29) is 0 Å². The van der Waals surface area contributed by atoms with Gasteiger partial charge in [0.05, 0.1) is 0 Å². The molecule has 1 aromatic carbocycles. The Labute approximate surface area is 90.5 Å². The van der Waals surface area contributed by atoms with Crippen molar-refractivity contribution in [2.75, 3.05) is 11.9 Å². The molecule has 0 unspecified atom stereocenters. The Morgan fingerprint density at radius 3 is 2.93 bits per heavy atom. The van der Waals surface area contributed by atoms with E-state index in [0.29, 0.717) is 11.8 Å².